The number of carbonyl (C=O) groups is 1. The molecule has 0 bridgehead atoms. The highest BCUT2D eigenvalue weighted by Crippen LogP contribution is 2.48. The van der Waals surface area contributed by atoms with Crippen LogP contribution in [0.15, 0.2) is 24.3 Å². The van der Waals surface area contributed by atoms with Crippen molar-refractivity contribution >= 4 is 5.97 Å². The van der Waals surface area contributed by atoms with Crippen LogP contribution in [0.25, 0.3) is 0 Å². The van der Waals surface area contributed by atoms with E-state index >= 15 is 0 Å². The molecule has 3 heterocycles. The number of likely N-dealkylation sites (tertiary alicyclic amines) is 1. The summed E-state index contributed by atoms with van der Waals surface area (Å²) < 4.78 is 16.6. The van der Waals surface area contributed by atoms with Crippen LogP contribution < -0.4 is 9.47 Å². The van der Waals surface area contributed by atoms with E-state index in [1.54, 1.807) is 6.07 Å². The molecule has 0 spiro atoms. The lowest BCUT2D eigenvalue weighted by atomic mass is 9.74. The van der Waals surface area contributed by atoms with Gasteiger partial charge in [-0.3, -0.25) is 0 Å². The average Bonchev–Trinajstić information content (AvgIpc) is 3.12. The van der Waals surface area contributed by atoms with Gasteiger partial charge in [0.25, 0.3) is 0 Å². The van der Waals surface area contributed by atoms with Crippen molar-refractivity contribution in [1.29, 1.82) is 0 Å². The quantitative estimate of drug-likeness (QED) is 0.541. The van der Waals surface area contributed by atoms with Crippen molar-refractivity contribution in [3.63, 3.8) is 0 Å². The summed E-state index contributed by atoms with van der Waals surface area (Å²) in [6.45, 7) is 1.30. The summed E-state index contributed by atoms with van der Waals surface area (Å²) in [5, 5.41) is 0. The Morgan fingerprint density at radius 2 is 2.00 bits per heavy atom. The molecule has 0 amide bonds. The molecule has 1 aromatic rings. The van der Waals surface area contributed by atoms with Crippen molar-refractivity contribution in [3.05, 3.63) is 35.4 Å². The number of benzene rings is 1. The highest BCUT2D eigenvalue weighted by molar-refractivity contribution is 5.94. The van der Waals surface area contributed by atoms with E-state index in [4.69, 9.17) is 14.2 Å². The van der Waals surface area contributed by atoms with Crippen LogP contribution in [-0.2, 0) is 4.74 Å². The number of hydrogen-bond donors (Lipinski definition) is 0. The van der Waals surface area contributed by atoms with E-state index in [0.29, 0.717) is 23.3 Å². The molecule has 22 heavy (non-hydrogen) atoms. The van der Waals surface area contributed by atoms with E-state index in [2.05, 4.69) is 24.1 Å². The molecule has 1 fully saturated rings. The fourth-order valence-corrected chi connectivity index (χ4v) is 4.39. The van der Waals surface area contributed by atoms with Gasteiger partial charge in [0.1, 0.15) is 6.10 Å². The lowest BCUT2D eigenvalue weighted by Crippen LogP contribution is -2.46. The zero-order chi connectivity index (χ0) is 14.8. The van der Waals surface area contributed by atoms with Crippen molar-refractivity contribution in [2.45, 2.75) is 24.5 Å². The Morgan fingerprint density at radius 1 is 1.18 bits per heavy atom. The highest BCUT2D eigenvalue weighted by atomic mass is 16.7. The molecular formula is C17H17NO4. The molecule has 4 atom stereocenters. The van der Waals surface area contributed by atoms with Gasteiger partial charge in [0.05, 0.1) is 5.56 Å². The molecule has 0 radical (unpaired) electrons. The van der Waals surface area contributed by atoms with Gasteiger partial charge in [-0.05, 0) is 49.7 Å². The summed E-state index contributed by atoms with van der Waals surface area (Å²) in [6, 6.07) is 4.14. The zero-order valence-electron chi connectivity index (χ0n) is 12.3. The minimum absolute atomic E-state index is 0.171. The lowest BCUT2D eigenvalue weighted by Gasteiger charge is -2.42. The first-order valence-electron chi connectivity index (χ1n) is 7.75. The SMILES string of the molecule is CN1CC[C@@H]2C=C[C@H]3OC(=O)c4cc5c(cc4[C@H]3[C@@H]21)OCO5. The number of hydrogen-bond acceptors (Lipinski definition) is 5. The number of carbonyl (C=O) groups excluding carboxylic acids is 1. The van der Waals surface area contributed by atoms with Crippen LogP contribution >= 0.6 is 0 Å². The summed E-state index contributed by atoms with van der Waals surface area (Å²) in [5.74, 6) is 1.81. The van der Waals surface area contributed by atoms with E-state index in [1.165, 1.54) is 0 Å². The summed E-state index contributed by atoms with van der Waals surface area (Å²) in [6.07, 6.45) is 5.27. The van der Waals surface area contributed by atoms with Crippen molar-refractivity contribution in [2.24, 2.45) is 5.92 Å². The van der Waals surface area contributed by atoms with E-state index in [-0.39, 0.29) is 24.8 Å². The minimum atomic E-state index is -0.265. The van der Waals surface area contributed by atoms with Crippen molar-refractivity contribution < 1.29 is 19.0 Å². The predicted molar refractivity (Wildman–Crippen MR) is 78.2 cm³/mol. The molecule has 114 valence electrons. The second-order valence-corrected chi connectivity index (χ2v) is 6.50. The molecule has 1 saturated heterocycles. The molecule has 4 aliphatic rings. The highest BCUT2D eigenvalue weighted by Gasteiger charge is 2.48. The maximum atomic E-state index is 12.3. The lowest BCUT2D eigenvalue weighted by molar-refractivity contribution is 0.0177. The molecule has 5 heteroatoms. The fraction of sp³-hybridized carbons (Fsp3) is 0.471. The van der Waals surface area contributed by atoms with Gasteiger partial charge < -0.3 is 19.1 Å². The van der Waals surface area contributed by atoms with Crippen LogP contribution in [0.2, 0.25) is 0 Å². The molecule has 3 aliphatic heterocycles. The van der Waals surface area contributed by atoms with Crippen LogP contribution in [0, 0.1) is 5.92 Å². The number of nitrogens with zero attached hydrogens (tertiary/aromatic N) is 1. The van der Waals surface area contributed by atoms with Crippen molar-refractivity contribution in [3.8, 4) is 11.5 Å². The van der Waals surface area contributed by atoms with Gasteiger partial charge in [0.15, 0.2) is 11.5 Å². The Bertz CT molecular complexity index is 698. The third-order valence-electron chi connectivity index (χ3n) is 5.40. The third-order valence-corrected chi connectivity index (χ3v) is 5.40. The van der Waals surface area contributed by atoms with Gasteiger partial charge in [0.2, 0.25) is 6.79 Å². The number of rotatable bonds is 0. The molecule has 0 saturated carbocycles. The van der Waals surface area contributed by atoms with E-state index in [9.17, 15) is 4.79 Å². The molecule has 0 unspecified atom stereocenters. The summed E-state index contributed by atoms with van der Waals surface area (Å²) in [7, 11) is 2.16. The molecule has 0 aromatic heterocycles. The third kappa shape index (κ3) is 1.54. The van der Waals surface area contributed by atoms with Crippen molar-refractivity contribution in [2.75, 3.05) is 20.4 Å². The topological polar surface area (TPSA) is 48.0 Å². The van der Waals surface area contributed by atoms with E-state index < -0.39 is 0 Å². The molecule has 0 N–H and O–H groups in total. The standard InChI is InChI=1S/C17H17NO4/c1-18-5-4-9-2-3-12-15(16(9)18)10-6-13-14(21-8-20-13)7-11(10)17(19)22-12/h2-3,6-7,9,12,15-16H,4-5,8H2,1H3/t9-,12+,15+,16+/m0/s1. The monoisotopic (exact) mass is 299 g/mol. The van der Waals surface area contributed by atoms with E-state index in [0.717, 1.165) is 24.3 Å². The summed E-state index contributed by atoms with van der Waals surface area (Å²) >= 11 is 0. The molecular weight excluding hydrogens is 282 g/mol. The predicted octanol–water partition coefficient (Wildman–Crippen LogP) is 1.93. The van der Waals surface area contributed by atoms with Crippen LogP contribution in [0.3, 0.4) is 0 Å². The molecule has 1 aromatic carbocycles. The van der Waals surface area contributed by atoms with Crippen molar-refractivity contribution in [1.82, 2.24) is 4.90 Å². The van der Waals surface area contributed by atoms with Gasteiger partial charge in [-0.25, -0.2) is 4.79 Å². The normalized spacial score (nSPS) is 34.9. The number of ether oxygens (including phenoxy) is 3. The second kappa shape index (κ2) is 4.26. The van der Waals surface area contributed by atoms with Gasteiger partial charge in [-0.15, -0.1) is 0 Å². The van der Waals surface area contributed by atoms with Crippen LogP contribution in [0.4, 0.5) is 0 Å². The van der Waals surface area contributed by atoms with Crippen LogP contribution in [0.5, 0.6) is 11.5 Å². The van der Waals surface area contributed by atoms with E-state index in [1.807, 2.05) is 6.07 Å². The Balaban J connectivity index is 1.69. The Morgan fingerprint density at radius 3 is 2.86 bits per heavy atom. The van der Waals surface area contributed by atoms with Gasteiger partial charge in [0, 0.05) is 12.0 Å². The van der Waals surface area contributed by atoms with Gasteiger partial charge >= 0.3 is 5.97 Å². The maximum absolute atomic E-state index is 12.3. The Hall–Kier alpha value is -2.01. The van der Waals surface area contributed by atoms with Crippen LogP contribution in [0.1, 0.15) is 28.3 Å². The number of esters is 1. The zero-order valence-corrected chi connectivity index (χ0v) is 12.3. The minimum Gasteiger partial charge on any atom is -0.454 e. The summed E-state index contributed by atoms with van der Waals surface area (Å²) in [5.41, 5.74) is 1.67. The number of likely N-dealkylation sites (N-methyl/N-ethyl adjacent to an activating group) is 1. The van der Waals surface area contributed by atoms with Gasteiger partial charge in [-0.1, -0.05) is 6.08 Å². The Labute approximate surface area is 128 Å². The second-order valence-electron chi connectivity index (χ2n) is 6.50. The average molecular weight is 299 g/mol. The largest absolute Gasteiger partial charge is 0.454 e. The summed E-state index contributed by atoms with van der Waals surface area (Å²) in [4.78, 5) is 14.7. The number of fused-ring (bicyclic) bond motifs is 6. The Kier molecular flexibility index (Phi) is 2.42. The molecule has 1 aliphatic carbocycles. The molecule has 5 rings (SSSR count). The first-order chi connectivity index (χ1) is 10.7. The fourth-order valence-electron chi connectivity index (χ4n) is 4.39. The van der Waals surface area contributed by atoms with Crippen LogP contribution in [-0.4, -0.2) is 43.4 Å². The molecule has 5 nitrogen and oxygen atoms in total. The smallest absolute Gasteiger partial charge is 0.339 e. The first-order valence-corrected chi connectivity index (χ1v) is 7.75. The first kappa shape index (κ1) is 12.5. The maximum Gasteiger partial charge on any atom is 0.339 e. The van der Waals surface area contributed by atoms with Gasteiger partial charge in [-0.2, -0.15) is 0 Å².